The predicted molar refractivity (Wildman–Crippen MR) is 81.5 cm³/mol. The van der Waals surface area contributed by atoms with E-state index in [-0.39, 0.29) is 5.75 Å². The highest BCUT2D eigenvalue weighted by atomic mass is 32.2. The average Bonchev–Trinajstić information content (AvgIpc) is 2.42. The molecule has 0 heterocycles. The minimum absolute atomic E-state index is 0.181. The number of hydrogen-bond donors (Lipinski definition) is 1. The lowest BCUT2D eigenvalue weighted by Gasteiger charge is -2.21. The molecule has 0 fully saturated rings. The van der Waals surface area contributed by atoms with Gasteiger partial charge in [-0.15, -0.1) is 0 Å². The van der Waals surface area contributed by atoms with Crippen molar-refractivity contribution >= 4 is 10.0 Å². The fraction of sp³-hybridized carbons (Fsp3) is 1.00. The van der Waals surface area contributed by atoms with Gasteiger partial charge in [0.05, 0.1) is 12.4 Å². The highest BCUT2D eigenvalue weighted by Crippen LogP contribution is 2.05. The summed E-state index contributed by atoms with van der Waals surface area (Å²) in [6, 6.07) is 0. The fourth-order valence-electron chi connectivity index (χ4n) is 1.78. The summed E-state index contributed by atoms with van der Waals surface area (Å²) in [7, 11) is -0.00804. The largest absolute Gasteiger partial charge is 0.385 e. The molecule has 0 aromatic carbocycles. The summed E-state index contributed by atoms with van der Waals surface area (Å²) >= 11 is 0. The smallest absolute Gasteiger partial charge is 0.214 e. The zero-order chi connectivity index (χ0) is 15.3. The standard InChI is InChI=1S/C13H30N2O4S/c1-4-7-14-8-5-13-20(16,17)15(10-12-19-3)9-6-11-18-2/h14H,4-13H2,1-3H3. The van der Waals surface area contributed by atoms with Crippen molar-refractivity contribution in [2.24, 2.45) is 0 Å². The zero-order valence-corrected chi connectivity index (χ0v) is 13.9. The third-order valence-electron chi connectivity index (χ3n) is 2.88. The Morgan fingerprint density at radius 1 is 1.00 bits per heavy atom. The van der Waals surface area contributed by atoms with Crippen LogP contribution in [0.4, 0.5) is 0 Å². The summed E-state index contributed by atoms with van der Waals surface area (Å²) in [4.78, 5) is 0. The van der Waals surface area contributed by atoms with Gasteiger partial charge in [-0.3, -0.25) is 0 Å². The molecule has 0 aliphatic carbocycles. The molecule has 0 spiro atoms. The molecule has 7 heteroatoms. The topological polar surface area (TPSA) is 67.9 Å². The number of hydrogen-bond acceptors (Lipinski definition) is 5. The molecule has 0 aliphatic heterocycles. The van der Waals surface area contributed by atoms with E-state index >= 15 is 0 Å². The van der Waals surface area contributed by atoms with Crippen LogP contribution >= 0.6 is 0 Å². The van der Waals surface area contributed by atoms with E-state index in [1.807, 2.05) is 0 Å². The van der Waals surface area contributed by atoms with E-state index in [1.165, 1.54) is 4.31 Å². The molecular formula is C13H30N2O4S. The Labute approximate surface area is 123 Å². The van der Waals surface area contributed by atoms with Crippen molar-refractivity contribution in [1.29, 1.82) is 0 Å². The van der Waals surface area contributed by atoms with Gasteiger partial charge in [0.15, 0.2) is 0 Å². The first kappa shape index (κ1) is 19.8. The van der Waals surface area contributed by atoms with Gasteiger partial charge in [-0.1, -0.05) is 6.92 Å². The maximum atomic E-state index is 12.3. The van der Waals surface area contributed by atoms with E-state index in [9.17, 15) is 8.42 Å². The summed E-state index contributed by atoms with van der Waals surface area (Å²) in [5.74, 6) is 0.181. The SMILES string of the molecule is CCCNCCCS(=O)(=O)N(CCCOC)CCOC. The Kier molecular flexibility index (Phi) is 12.4. The van der Waals surface area contributed by atoms with E-state index < -0.39 is 10.0 Å². The van der Waals surface area contributed by atoms with Crippen molar-refractivity contribution < 1.29 is 17.9 Å². The Hall–Kier alpha value is -0.210. The summed E-state index contributed by atoms with van der Waals surface area (Å²) in [5, 5.41) is 3.21. The Morgan fingerprint density at radius 2 is 1.70 bits per heavy atom. The molecule has 122 valence electrons. The van der Waals surface area contributed by atoms with Gasteiger partial charge >= 0.3 is 0 Å². The molecule has 0 saturated heterocycles. The van der Waals surface area contributed by atoms with Gasteiger partial charge in [-0.25, -0.2) is 8.42 Å². The van der Waals surface area contributed by atoms with Crippen molar-refractivity contribution in [2.75, 3.05) is 59.4 Å². The second-order valence-electron chi connectivity index (χ2n) is 4.66. The lowest BCUT2D eigenvalue weighted by Crippen LogP contribution is -2.37. The lowest BCUT2D eigenvalue weighted by molar-refractivity contribution is 0.164. The van der Waals surface area contributed by atoms with E-state index in [2.05, 4.69) is 12.2 Å². The maximum Gasteiger partial charge on any atom is 0.214 e. The van der Waals surface area contributed by atoms with Crippen LogP contribution in [0.15, 0.2) is 0 Å². The van der Waals surface area contributed by atoms with Crippen LogP contribution < -0.4 is 5.32 Å². The van der Waals surface area contributed by atoms with E-state index in [1.54, 1.807) is 14.2 Å². The number of ether oxygens (including phenoxy) is 2. The van der Waals surface area contributed by atoms with Crippen LogP contribution in [0.1, 0.15) is 26.2 Å². The molecule has 0 atom stereocenters. The van der Waals surface area contributed by atoms with Crippen molar-refractivity contribution in [3.63, 3.8) is 0 Å². The van der Waals surface area contributed by atoms with Crippen molar-refractivity contribution in [3.8, 4) is 0 Å². The average molecular weight is 310 g/mol. The third kappa shape index (κ3) is 9.66. The Bertz CT molecular complexity index is 309. The van der Waals surface area contributed by atoms with E-state index in [4.69, 9.17) is 9.47 Å². The first-order valence-corrected chi connectivity index (χ1v) is 8.85. The van der Waals surface area contributed by atoms with Gasteiger partial charge in [0, 0.05) is 33.9 Å². The number of methoxy groups -OCH3 is 2. The minimum Gasteiger partial charge on any atom is -0.385 e. The number of nitrogens with one attached hydrogen (secondary N) is 1. The number of nitrogens with zero attached hydrogens (tertiary/aromatic N) is 1. The Balaban J connectivity index is 4.21. The molecule has 0 aliphatic rings. The maximum absolute atomic E-state index is 12.3. The molecule has 0 aromatic heterocycles. The van der Waals surface area contributed by atoms with Crippen LogP contribution in [0.3, 0.4) is 0 Å². The second-order valence-corrected chi connectivity index (χ2v) is 6.75. The second kappa shape index (κ2) is 12.5. The van der Waals surface area contributed by atoms with Crippen LogP contribution in [0, 0.1) is 0 Å². The third-order valence-corrected chi connectivity index (χ3v) is 4.83. The molecule has 0 radical (unpaired) electrons. The van der Waals surface area contributed by atoms with Crippen molar-refractivity contribution in [3.05, 3.63) is 0 Å². The first-order valence-electron chi connectivity index (χ1n) is 7.25. The predicted octanol–water partition coefficient (Wildman–Crippen LogP) is 0.691. The molecule has 0 aromatic rings. The fourth-order valence-corrected chi connectivity index (χ4v) is 3.31. The van der Waals surface area contributed by atoms with Gasteiger partial charge in [0.25, 0.3) is 0 Å². The van der Waals surface area contributed by atoms with Gasteiger partial charge < -0.3 is 14.8 Å². The van der Waals surface area contributed by atoms with Crippen LogP contribution in [0.2, 0.25) is 0 Å². The normalized spacial score (nSPS) is 12.2. The van der Waals surface area contributed by atoms with Gasteiger partial charge in [-0.05, 0) is 32.4 Å². The monoisotopic (exact) mass is 310 g/mol. The van der Waals surface area contributed by atoms with Crippen molar-refractivity contribution in [2.45, 2.75) is 26.2 Å². The first-order chi connectivity index (χ1) is 9.58. The molecule has 6 nitrogen and oxygen atoms in total. The molecule has 20 heavy (non-hydrogen) atoms. The Morgan fingerprint density at radius 3 is 2.30 bits per heavy atom. The van der Waals surface area contributed by atoms with Gasteiger partial charge in [-0.2, -0.15) is 4.31 Å². The summed E-state index contributed by atoms with van der Waals surface area (Å²) in [6.07, 6.45) is 2.40. The minimum atomic E-state index is -3.20. The van der Waals surface area contributed by atoms with Gasteiger partial charge in [0.2, 0.25) is 10.0 Å². The highest BCUT2D eigenvalue weighted by Gasteiger charge is 2.20. The van der Waals surface area contributed by atoms with Crippen LogP contribution in [0.5, 0.6) is 0 Å². The summed E-state index contributed by atoms with van der Waals surface area (Å²) in [6.45, 7) is 5.64. The summed E-state index contributed by atoms with van der Waals surface area (Å²) in [5.41, 5.74) is 0. The van der Waals surface area contributed by atoms with Crippen LogP contribution in [-0.2, 0) is 19.5 Å². The number of sulfonamides is 1. The lowest BCUT2D eigenvalue weighted by atomic mass is 10.4. The highest BCUT2D eigenvalue weighted by molar-refractivity contribution is 7.89. The molecule has 0 saturated carbocycles. The molecule has 1 N–H and O–H groups in total. The number of rotatable bonds is 14. The molecule has 0 bridgehead atoms. The van der Waals surface area contributed by atoms with Crippen LogP contribution in [0.25, 0.3) is 0 Å². The molecule has 0 rings (SSSR count). The molecule has 0 amide bonds. The van der Waals surface area contributed by atoms with Crippen molar-refractivity contribution in [1.82, 2.24) is 9.62 Å². The molecule has 0 unspecified atom stereocenters. The molecular weight excluding hydrogens is 280 g/mol. The van der Waals surface area contributed by atoms with Crippen LogP contribution in [-0.4, -0.2) is 72.1 Å². The van der Waals surface area contributed by atoms with Gasteiger partial charge in [0.1, 0.15) is 0 Å². The van der Waals surface area contributed by atoms with E-state index in [0.29, 0.717) is 39.1 Å². The summed E-state index contributed by atoms with van der Waals surface area (Å²) < 4.78 is 36.0. The quantitative estimate of drug-likeness (QED) is 0.478. The van der Waals surface area contributed by atoms with E-state index in [0.717, 1.165) is 19.5 Å². The zero-order valence-electron chi connectivity index (χ0n) is 13.1.